The normalized spacial score (nSPS) is 15.8. The lowest BCUT2D eigenvalue weighted by molar-refractivity contribution is -0.133. The number of methoxy groups -OCH3 is 1. The van der Waals surface area contributed by atoms with E-state index in [1.807, 2.05) is 73.3 Å². The molecule has 0 saturated heterocycles. The average Bonchev–Trinajstić information content (AvgIpc) is 3.39. The van der Waals surface area contributed by atoms with E-state index in [1.54, 1.807) is 30.6 Å². The van der Waals surface area contributed by atoms with Crippen LogP contribution in [0, 0.1) is 0 Å². The summed E-state index contributed by atoms with van der Waals surface area (Å²) in [7, 11) is -2.31. The van der Waals surface area contributed by atoms with Crippen molar-refractivity contribution in [2.45, 2.75) is 37.2 Å². The zero-order valence-corrected chi connectivity index (χ0v) is 22.8. The molecule has 0 fully saturated rings. The Labute approximate surface area is 222 Å². The van der Waals surface area contributed by atoms with Crippen molar-refractivity contribution in [2.24, 2.45) is 0 Å². The van der Waals surface area contributed by atoms with Gasteiger partial charge in [0.25, 0.3) is 0 Å². The van der Waals surface area contributed by atoms with E-state index in [4.69, 9.17) is 4.74 Å². The Kier molecular flexibility index (Phi) is 7.07. The lowest BCUT2D eigenvalue weighted by Gasteiger charge is -2.38. The monoisotopic (exact) mass is 534 g/mol. The van der Waals surface area contributed by atoms with Gasteiger partial charge in [0, 0.05) is 22.8 Å². The van der Waals surface area contributed by atoms with Crippen LogP contribution in [-0.2, 0) is 21.2 Å². The van der Waals surface area contributed by atoms with Gasteiger partial charge in [0.15, 0.2) is 0 Å². The van der Waals surface area contributed by atoms with Crippen LogP contribution in [0.5, 0.6) is 5.75 Å². The number of thiophene rings is 1. The molecule has 0 aliphatic carbocycles. The van der Waals surface area contributed by atoms with Crippen LogP contribution in [0.15, 0.2) is 83.1 Å². The predicted octanol–water partition coefficient (Wildman–Crippen LogP) is 5.48. The minimum absolute atomic E-state index is 0.213. The maximum absolute atomic E-state index is 13.9. The van der Waals surface area contributed by atoms with E-state index < -0.39 is 16.1 Å². The second-order valence-corrected chi connectivity index (χ2v) is 12.3. The Morgan fingerprint density at radius 2 is 1.78 bits per heavy atom. The summed E-state index contributed by atoms with van der Waals surface area (Å²) in [6.07, 6.45) is 0.753. The van der Waals surface area contributed by atoms with Crippen molar-refractivity contribution < 1.29 is 17.9 Å². The van der Waals surface area contributed by atoms with Gasteiger partial charge in [0.1, 0.15) is 5.75 Å². The highest BCUT2D eigenvalue weighted by molar-refractivity contribution is 7.89. The molecule has 3 aromatic carbocycles. The molecule has 1 atom stereocenters. The number of carbonyl (C=O) groups excluding carboxylic acids is 1. The van der Waals surface area contributed by atoms with Crippen molar-refractivity contribution in [3.63, 3.8) is 0 Å². The highest BCUT2D eigenvalue weighted by Gasteiger charge is 2.37. The summed E-state index contributed by atoms with van der Waals surface area (Å²) < 4.78 is 34.5. The van der Waals surface area contributed by atoms with E-state index in [0.717, 1.165) is 28.7 Å². The molecule has 2 heterocycles. The molecule has 8 heteroatoms. The van der Waals surface area contributed by atoms with Crippen LogP contribution in [0.4, 0.5) is 0 Å². The third-order valence-electron chi connectivity index (χ3n) is 6.92. The van der Waals surface area contributed by atoms with E-state index in [-0.39, 0.29) is 23.4 Å². The zero-order valence-electron chi connectivity index (χ0n) is 21.1. The first-order valence-electron chi connectivity index (χ1n) is 12.3. The van der Waals surface area contributed by atoms with Crippen molar-refractivity contribution in [1.82, 2.24) is 9.21 Å². The van der Waals surface area contributed by atoms with Crippen molar-refractivity contribution >= 4 is 38.0 Å². The van der Waals surface area contributed by atoms with E-state index in [2.05, 4.69) is 11.4 Å². The molecule has 192 valence electrons. The number of rotatable bonds is 7. The first-order valence-corrected chi connectivity index (χ1v) is 14.6. The van der Waals surface area contributed by atoms with E-state index in [1.165, 1.54) is 9.18 Å². The second kappa shape index (κ2) is 10.3. The molecule has 0 saturated carbocycles. The number of ether oxygens (including phenoxy) is 1. The molecule has 4 aromatic rings. The maximum atomic E-state index is 13.9. The number of hydrogen-bond acceptors (Lipinski definition) is 5. The van der Waals surface area contributed by atoms with E-state index >= 15 is 0 Å². The molecule has 0 N–H and O–H groups in total. The maximum Gasteiger partial charge on any atom is 0.244 e. The molecule has 1 aliphatic heterocycles. The largest absolute Gasteiger partial charge is 0.497 e. The second-order valence-electron chi connectivity index (χ2n) is 9.43. The van der Waals surface area contributed by atoms with Gasteiger partial charge in [-0.1, -0.05) is 48.5 Å². The summed E-state index contributed by atoms with van der Waals surface area (Å²) in [5, 5.41) is 3.56. The minimum Gasteiger partial charge on any atom is -0.497 e. The van der Waals surface area contributed by atoms with Crippen LogP contribution >= 0.6 is 11.3 Å². The predicted molar refractivity (Wildman–Crippen MR) is 148 cm³/mol. The lowest BCUT2D eigenvalue weighted by atomic mass is 9.93. The number of fused-ring (bicyclic) bond motifs is 2. The minimum atomic E-state index is -3.93. The van der Waals surface area contributed by atoms with Crippen molar-refractivity contribution in [1.29, 1.82) is 0 Å². The van der Waals surface area contributed by atoms with Crippen LogP contribution < -0.4 is 4.74 Å². The Morgan fingerprint density at radius 3 is 2.51 bits per heavy atom. The molecule has 1 amide bonds. The van der Waals surface area contributed by atoms with Gasteiger partial charge in [0.2, 0.25) is 15.9 Å². The van der Waals surface area contributed by atoms with Crippen molar-refractivity contribution in [3.05, 3.63) is 94.2 Å². The first-order chi connectivity index (χ1) is 17.8. The van der Waals surface area contributed by atoms with Crippen molar-refractivity contribution in [3.8, 4) is 5.75 Å². The van der Waals surface area contributed by atoms with Gasteiger partial charge < -0.3 is 9.64 Å². The van der Waals surface area contributed by atoms with E-state index in [9.17, 15) is 13.2 Å². The molecule has 0 radical (unpaired) electrons. The highest BCUT2D eigenvalue weighted by Crippen LogP contribution is 2.38. The van der Waals surface area contributed by atoms with Gasteiger partial charge in [-0.05, 0) is 66.4 Å². The van der Waals surface area contributed by atoms with Gasteiger partial charge in [-0.15, -0.1) is 11.3 Å². The number of nitrogens with zero attached hydrogens (tertiary/aromatic N) is 2. The Balaban J connectivity index is 1.50. The summed E-state index contributed by atoms with van der Waals surface area (Å²) in [6, 6.07) is 21.8. The topological polar surface area (TPSA) is 66.9 Å². The summed E-state index contributed by atoms with van der Waals surface area (Å²) >= 11 is 1.70. The molecule has 5 rings (SSSR count). The summed E-state index contributed by atoms with van der Waals surface area (Å²) in [5.74, 6) is 0.533. The molecular weight excluding hydrogens is 504 g/mol. The number of benzene rings is 3. The van der Waals surface area contributed by atoms with Crippen LogP contribution in [-0.4, -0.2) is 49.8 Å². The average molecular weight is 535 g/mol. The highest BCUT2D eigenvalue weighted by atomic mass is 32.2. The Hall–Kier alpha value is -3.20. The number of sulfonamides is 1. The molecule has 0 bridgehead atoms. The molecule has 1 aromatic heterocycles. The standard InChI is InChI=1S/C29H30N2O4S2/c1-20(2)31(37(33,34)27-10-6-8-21-7-4-5-9-24(21)27)19-28(32)30-17-15-26-25(16-18-36-26)29(30)22-11-13-23(35-3)14-12-22/h4-14,16,18,20,29H,15,17,19H2,1-3H3. The SMILES string of the molecule is COc1ccc(C2c3ccsc3CCN2C(=O)CN(C(C)C)S(=O)(=O)c2cccc3ccccc23)cc1. The molecule has 37 heavy (non-hydrogen) atoms. The smallest absolute Gasteiger partial charge is 0.244 e. The van der Waals surface area contributed by atoms with Crippen LogP contribution in [0.25, 0.3) is 10.8 Å². The van der Waals surface area contributed by atoms with Crippen LogP contribution in [0.2, 0.25) is 0 Å². The summed E-state index contributed by atoms with van der Waals surface area (Å²) in [4.78, 5) is 17.2. The molecular formula is C29H30N2O4S2. The van der Waals surface area contributed by atoms with Gasteiger partial charge in [0.05, 0.1) is 24.6 Å². The fourth-order valence-electron chi connectivity index (χ4n) is 5.05. The summed E-state index contributed by atoms with van der Waals surface area (Å²) in [5.41, 5.74) is 2.07. The Morgan fingerprint density at radius 1 is 1.05 bits per heavy atom. The summed E-state index contributed by atoms with van der Waals surface area (Å²) in [6.45, 7) is 3.92. The van der Waals surface area contributed by atoms with Gasteiger partial charge in [-0.2, -0.15) is 4.31 Å². The van der Waals surface area contributed by atoms with Crippen molar-refractivity contribution in [2.75, 3.05) is 20.2 Å². The molecule has 1 unspecified atom stereocenters. The molecule has 1 aliphatic rings. The van der Waals surface area contributed by atoms with E-state index in [0.29, 0.717) is 11.9 Å². The first kappa shape index (κ1) is 25.4. The zero-order chi connectivity index (χ0) is 26.2. The number of amides is 1. The molecule has 0 spiro atoms. The quantitative estimate of drug-likeness (QED) is 0.315. The van der Waals surface area contributed by atoms with Crippen LogP contribution in [0.3, 0.4) is 0 Å². The van der Waals surface area contributed by atoms with Gasteiger partial charge >= 0.3 is 0 Å². The molecule has 6 nitrogen and oxygen atoms in total. The number of carbonyl (C=O) groups is 1. The van der Waals surface area contributed by atoms with Crippen LogP contribution in [0.1, 0.15) is 35.9 Å². The van der Waals surface area contributed by atoms with Gasteiger partial charge in [-0.25, -0.2) is 8.42 Å². The lowest BCUT2D eigenvalue weighted by Crippen LogP contribution is -2.48. The fourth-order valence-corrected chi connectivity index (χ4v) is 7.75. The fraction of sp³-hybridized carbons (Fsp3) is 0.276. The Bertz CT molecular complexity index is 1520. The third kappa shape index (κ3) is 4.77. The van der Waals surface area contributed by atoms with Gasteiger partial charge in [-0.3, -0.25) is 4.79 Å². The third-order valence-corrected chi connectivity index (χ3v) is 10.00. The number of hydrogen-bond donors (Lipinski definition) is 0.